The Balaban J connectivity index is 4.13. The first-order valence-electron chi connectivity index (χ1n) is 3.68. The maximum atomic E-state index is 11.0. The fraction of sp³-hybridized carbons (Fsp3) is 0.857. The molecule has 0 fully saturated rings. The second-order valence-electron chi connectivity index (χ2n) is 3.88. The third-order valence-corrected chi connectivity index (χ3v) is 2.35. The molecule has 0 atom stereocenters. The molecule has 0 saturated carbocycles. The monoisotopic (exact) mass is 228 g/mol. The highest BCUT2D eigenvalue weighted by atomic mass is 35.5. The lowest BCUT2D eigenvalue weighted by molar-refractivity contribution is -0.109. The van der Waals surface area contributed by atoms with Crippen LogP contribution in [0.15, 0.2) is 0 Å². The van der Waals surface area contributed by atoms with Crippen molar-refractivity contribution in [1.82, 2.24) is 0 Å². The topological polar surface area (TPSA) is 60.4 Å². The van der Waals surface area contributed by atoms with Gasteiger partial charge in [0.15, 0.2) is 0 Å². The van der Waals surface area contributed by atoms with Crippen molar-refractivity contribution in [3.8, 4) is 0 Å². The zero-order valence-corrected chi connectivity index (χ0v) is 9.41. The first-order chi connectivity index (χ1) is 5.62. The van der Waals surface area contributed by atoms with Gasteiger partial charge in [-0.25, -0.2) is 0 Å². The van der Waals surface area contributed by atoms with E-state index in [1.165, 1.54) is 0 Å². The fourth-order valence-corrected chi connectivity index (χ4v) is 1.74. The van der Waals surface area contributed by atoms with Crippen molar-refractivity contribution in [3.63, 3.8) is 0 Å². The van der Waals surface area contributed by atoms with Crippen molar-refractivity contribution >= 4 is 27.0 Å². The Labute approximate surface area is 83.3 Å². The Morgan fingerprint density at radius 1 is 1.38 bits per heavy atom. The normalized spacial score (nSPS) is 12.9. The molecule has 0 aromatic carbocycles. The first-order valence-corrected chi connectivity index (χ1v) is 5.63. The van der Waals surface area contributed by atoms with Crippen LogP contribution in [0.2, 0.25) is 0 Å². The Bertz CT molecular complexity index is 275. The van der Waals surface area contributed by atoms with E-state index in [0.717, 1.165) is 0 Å². The van der Waals surface area contributed by atoms with Gasteiger partial charge in [0.25, 0.3) is 10.1 Å². The Morgan fingerprint density at radius 2 is 1.85 bits per heavy atom. The van der Waals surface area contributed by atoms with Gasteiger partial charge >= 0.3 is 0 Å². The molecule has 0 bridgehead atoms. The van der Waals surface area contributed by atoms with Gasteiger partial charge in [0, 0.05) is 0 Å². The zero-order chi connectivity index (χ0) is 10.7. The maximum Gasteiger partial charge on any atom is 0.275 e. The molecule has 0 saturated heterocycles. The van der Waals surface area contributed by atoms with Gasteiger partial charge in [-0.15, -0.1) is 0 Å². The summed E-state index contributed by atoms with van der Waals surface area (Å²) < 4.78 is 26.5. The molecule has 0 spiro atoms. The highest BCUT2D eigenvalue weighted by Crippen LogP contribution is 2.14. The molecule has 0 aliphatic rings. The van der Waals surface area contributed by atoms with E-state index in [9.17, 15) is 13.2 Å². The van der Waals surface area contributed by atoms with Crippen LogP contribution < -0.4 is 0 Å². The SMILES string of the molecule is CC(C)(C)COS(=O)(=O)CC(=O)Cl. The van der Waals surface area contributed by atoms with Crippen molar-refractivity contribution in [2.45, 2.75) is 20.8 Å². The Kier molecular flexibility index (Phi) is 4.35. The largest absolute Gasteiger partial charge is 0.280 e. The lowest BCUT2D eigenvalue weighted by Gasteiger charge is -2.16. The van der Waals surface area contributed by atoms with Gasteiger partial charge in [-0.2, -0.15) is 8.42 Å². The van der Waals surface area contributed by atoms with Crippen molar-refractivity contribution in [3.05, 3.63) is 0 Å². The number of carbonyl (C=O) groups excluding carboxylic acids is 1. The molecule has 0 N–H and O–H groups in total. The second-order valence-corrected chi connectivity index (χ2v) is 5.94. The number of hydrogen-bond donors (Lipinski definition) is 0. The average molecular weight is 229 g/mol. The van der Waals surface area contributed by atoms with E-state index in [1.54, 1.807) is 0 Å². The summed E-state index contributed by atoms with van der Waals surface area (Å²) in [4.78, 5) is 10.3. The molecular formula is C7H13ClO4S. The number of halogens is 1. The van der Waals surface area contributed by atoms with E-state index in [4.69, 9.17) is 11.6 Å². The third-order valence-electron chi connectivity index (χ3n) is 0.962. The minimum absolute atomic E-state index is 0.0412. The predicted octanol–water partition coefficient (Wildman–Crippen LogP) is 1.14. The quantitative estimate of drug-likeness (QED) is 0.535. The van der Waals surface area contributed by atoms with Crippen LogP contribution in [0.1, 0.15) is 20.8 Å². The van der Waals surface area contributed by atoms with Crippen LogP contribution in [0.25, 0.3) is 0 Å². The molecule has 0 rings (SSSR count). The molecule has 0 unspecified atom stereocenters. The van der Waals surface area contributed by atoms with E-state index in [1.807, 2.05) is 20.8 Å². The molecule has 4 nitrogen and oxygen atoms in total. The molecule has 0 radical (unpaired) electrons. The standard InChI is InChI=1S/C7H13ClO4S/c1-7(2,3)5-12-13(10,11)4-6(8)9/h4-5H2,1-3H3. The molecule has 13 heavy (non-hydrogen) atoms. The summed E-state index contributed by atoms with van der Waals surface area (Å²) in [5.74, 6) is -0.773. The molecule has 0 aliphatic carbocycles. The molecule has 6 heteroatoms. The molecule has 0 heterocycles. The highest BCUT2D eigenvalue weighted by molar-refractivity contribution is 7.87. The lowest BCUT2D eigenvalue weighted by Crippen LogP contribution is -2.22. The summed E-state index contributed by atoms with van der Waals surface area (Å²) in [6, 6.07) is 0. The van der Waals surface area contributed by atoms with E-state index < -0.39 is 21.1 Å². The minimum atomic E-state index is -3.80. The van der Waals surface area contributed by atoms with Crippen LogP contribution in [0.3, 0.4) is 0 Å². The number of carbonyl (C=O) groups is 1. The number of rotatable bonds is 4. The molecule has 0 amide bonds. The van der Waals surface area contributed by atoms with Crippen molar-refractivity contribution in [2.24, 2.45) is 5.41 Å². The summed E-state index contributed by atoms with van der Waals surface area (Å²) in [5, 5.41) is -0.936. The van der Waals surface area contributed by atoms with Crippen LogP contribution >= 0.6 is 11.6 Å². The average Bonchev–Trinajstić information content (AvgIpc) is 1.79. The predicted molar refractivity (Wildman–Crippen MR) is 50.1 cm³/mol. The smallest absolute Gasteiger partial charge is 0.275 e. The second kappa shape index (κ2) is 4.39. The van der Waals surface area contributed by atoms with Crippen LogP contribution in [0, 0.1) is 5.41 Å². The number of hydrogen-bond acceptors (Lipinski definition) is 4. The molecule has 0 aromatic heterocycles. The van der Waals surface area contributed by atoms with Gasteiger partial charge in [0.1, 0.15) is 5.75 Å². The van der Waals surface area contributed by atoms with Crippen molar-refractivity contribution in [2.75, 3.05) is 12.4 Å². The Morgan fingerprint density at radius 3 is 2.15 bits per heavy atom. The van der Waals surface area contributed by atoms with Gasteiger partial charge in [0.05, 0.1) is 6.61 Å². The zero-order valence-electron chi connectivity index (χ0n) is 7.83. The molecule has 0 aliphatic heterocycles. The van der Waals surface area contributed by atoms with Gasteiger partial charge < -0.3 is 0 Å². The van der Waals surface area contributed by atoms with Gasteiger partial charge in [0.2, 0.25) is 5.24 Å². The van der Waals surface area contributed by atoms with Crippen LogP contribution in [-0.4, -0.2) is 26.0 Å². The summed E-state index contributed by atoms with van der Waals surface area (Å²) in [5.41, 5.74) is -0.261. The van der Waals surface area contributed by atoms with E-state index in [0.29, 0.717) is 0 Å². The van der Waals surface area contributed by atoms with E-state index in [2.05, 4.69) is 4.18 Å². The van der Waals surface area contributed by atoms with Crippen molar-refractivity contribution in [1.29, 1.82) is 0 Å². The highest BCUT2D eigenvalue weighted by Gasteiger charge is 2.20. The molecule has 78 valence electrons. The first kappa shape index (κ1) is 12.9. The molecule has 0 aromatic rings. The van der Waals surface area contributed by atoms with Crippen molar-refractivity contribution < 1.29 is 17.4 Å². The van der Waals surface area contributed by atoms with Gasteiger partial charge in [-0.1, -0.05) is 20.8 Å². The summed E-state index contributed by atoms with van der Waals surface area (Å²) in [7, 11) is -3.80. The van der Waals surface area contributed by atoms with Crippen LogP contribution in [0.5, 0.6) is 0 Å². The maximum absolute atomic E-state index is 11.0. The Hall–Kier alpha value is -0.130. The van der Waals surface area contributed by atoms with Crippen LogP contribution in [-0.2, 0) is 19.1 Å². The van der Waals surface area contributed by atoms with Crippen LogP contribution in [0.4, 0.5) is 0 Å². The van der Waals surface area contributed by atoms with E-state index >= 15 is 0 Å². The van der Waals surface area contributed by atoms with Gasteiger partial charge in [-0.3, -0.25) is 8.98 Å². The third kappa shape index (κ3) is 8.21. The summed E-state index contributed by atoms with van der Waals surface area (Å²) in [6.07, 6.45) is 0. The van der Waals surface area contributed by atoms with E-state index in [-0.39, 0.29) is 12.0 Å². The summed E-state index contributed by atoms with van der Waals surface area (Å²) in [6.45, 7) is 5.51. The fourth-order valence-electron chi connectivity index (χ4n) is 0.447. The van der Waals surface area contributed by atoms with Gasteiger partial charge in [-0.05, 0) is 17.0 Å². The molecular weight excluding hydrogens is 216 g/mol. The lowest BCUT2D eigenvalue weighted by atomic mass is 9.99. The summed E-state index contributed by atoms with van der Waals surface area (Å²) >= 11 is 4.91. The minimum Gasteiger partial charge on any atom is -0.280 e.